The van der Waals surface area contributed by atoms with E-state index >= 15 is 0 Å². The van der Waals surface area contributed by atoms with Crippen LogP contribution in [-0.2, 0) is 19.4 Å². The van der Waals surface area contributed by atoms with Crippen LogP contribution in [0.4, 0.5) is 11.4 Å². The number of sulfone groups is 1. The molecule has 3 rings (SSSR count). The number of hydrogen-bond donors (Lipinski definition) is 1. The molecule has 3 aromatic carbocycles. The fraction of sp³-hybridized carbons (Fsp3) is 0.167. The predicted molar refractivity (Wildman–Crippen MR) is 125 cm³/mol. The molecule has 1 N–H and O–H groups in total. The number of ether oxygens (including phenoxy) is 1. The van der Waals surface area contributed by atoms with Crippen LogP contribution < -0.4 is 5.32 Å². The monoisotopic (exact) mass is 482 g/mol. The number of rotatable bonds is 7. The average Bonchev–Trinajstić information content (AvgIpc) is 2.76. The second-order valence-corrected chi connectivity index (χ2v) is 9.76. The molecule has 0 fully saturated rings. The molecule has 0 saturated heterocycles. The number of carbonyl (C=O) groups excluding carboxylic acids is 2. The summed E-state index contributed by atoms with van der Waals surface area (Å²) in [4.78, 5) is 35.9. The highest BCUT2D eigenvalue weighted by Crippen LogP contribution is 2.27. The minimum atomic E-state index is -3.90. The van der Waals surface area contributed by atoms with Crippen molar-refractivity contribution in [3.8, 4) is 0 Å². The Morgan fingerprint density at radius 1 is 0.971 bits per heavy atom. The Balaban J connectivity index is 1.94. The highest BCUT2D eigenvalue weighted by Gasteiger charge is 2.29. The van der Waals surface area contributed by atoms with Gasteiger partial charge in [-0.2, -0.15) is 0 Å². The molecule has 0 unspecified atom stereocenters. The molecular weight excluding hydrogens is 460 g/mol. The summed E-state index contributed by atoms with van der Waals surface area (Å²) in [5.74, 6) is -1.64. The summed E-state index contributed by atoms with van der Waals surface area (Å²) < 4.78 is 29.1. The Labute approximate surface area is 196 Å². The first kappa shape index (κ1) is 24.6. The summed E-state index contributed by atoms with van der Waals surface area (Å²) in [6.45, 7) is 3.76. The van der Waals surface area contributed by atoms with Crippen LogP contribution in [0.1, 0.15) is 33.2 Å². The van der Waals surface area contributed by atoms with Crippen molar-refractivity contribution in [3.63, 3.8) is 0 Å². The van der Waals surface area contributed by atoms with E-state index in [1.807, 2.05) is 19.9 Å². The van der Waals surface area contributed by atoms with E-state index in [0.717, 1.165) is 35.6 Å². The van der Waals surface area contributed by atoms with Crippen LogP contribution in [-0.4, -0.2) is 31.5 Å². The molecule has 34 heavy (non-hydrogen) atoms. The maximum absolute atomic E-state index is 13.1. The van der Waals surface area contributed by atoms with Crippen molar-refractivity contribution in [1.29, 1.82) is 0 Å². The highest BCUT2D eigenvalue weighted by atomic mass is 32.2. The van der Waals surface area contributed by atoms with Crippen molar-refractivity contribution >= 4 is 33.1 Å². The number of carbonyl (C=O) groups is 2. The van der Waals surface area contributed by atoms with Gasteiger partial charge in [-0.25, -0.2) is 13.2 Å². The zero-order valence-electron chi connectivity index (χ0n) is 18.6. The first-order valence-corrected chi connectivity index (χ1v) is 12.0. The van der Waals surface area contributed by atoms with Crippen molar-refractivity contribution in [3.05, 3.63) is 99.1 Å². The topological polar surface area (TPSA) is 133 Å². The van der Waals surface area contributed by atoms with Gasteiger partial charge < -0.3 is 10.1 Å². The normalized spacial score (nSPS) is 12.0. The number of nitro benzene ring substituents is 1. The van der Waals surface area contributed by atoms with E-state index in [1.165, 1.54) is 0 Å². The Hall–Kier alpha value is -4.05. The summed E-state index contributed by atoms with van der Waals surface area (Å²) in [5, 5.41) is 14.1. The second-order valence-electron chi connectivity index (χ2n) is 7.77. The maximum atomic E-state index is 13.1. The van der Waals surface area contributed by atoms with Crippen LogP contribution >= 0.6 is 0 Å². The molecule has 1 amide bonds. The van der Waals surface area contributed by atoms with Crippen LogP contribution in [0.2, 0.25) is 0 Å². The van der Waals surface area contributed by atoms with Gasteiger partial charge in [0.25, 0.3) is 11.6 Å². The molecule has 0 aliphatic carbocycles. The molecule has 176 valence electrons. The third kappa shape index (κ3) is 5.84. The van der Waals surface area contributed by atoms with Crippen LogP contribution in [0.15, 0.2) is 71.6 Å². The standard InChI is InChI=1S/C24H22N2O7S/c1-15-11-16(2)13-19(12-15)25-23(27)22(17-7-5-4-6-8-17)33-24(28)18-9-10-21(34(3,31)32)20(14-18)26(29)30/h4-14,22H,1-3H3,(H,25,27)/t22-/m1/s1. The van der Waals surface area contributed by atoms with Gasteiger partial charge in [-0.3, -0.25) is 14.9 Å². The molecule has 0 spiro atoms. The largest absolute Gasteiger partial charge is 0.444 e. The zero-order valence-corrected chi connectivity index (χ0v) is 19.5. The molecule has 1 atom stereocenters. The minimum absolute atomic E-state index is 0.265. The van der Waals surface area contributed by atoms with Gasteiger partial charge in [0.15, 0.2) is 9.84 Å². The van der Waals surface area contributed by atoms with E-state index in [0.29, 0.717) is 11.3 Å². The van der Waals surface area contributed by atoms with E-state index in [2.05, 4.69) is 5.32 Å². The molecular formula is C24H22N2O7S. The van der Waals surface area contributed by atoms with Gasteiger partial charge in [0.05, 0.1) is 10.5 Å². The lowest BCUT2D eigenvalue weighted by Gasteiger charge is -2.18. The summed E-state index contributed by atoms with van der Waals surface area (Å²) in [6, 6.07) is 16.7. The number of anilines is 1. The second kappa shape index (κ2) is 9.84. The van der Waals surface area contributed by atoms with Crippen LogP contribution in [0.3, 0.4) is 0 Å². The molecule has 0 saturated carbocycles. The fourth-order valence-electron chi connectivity index (χ4n) is 3.43. The van der Waals surface area contributed by atoms with E-state index in [1.54, 1.807) is 42.5 Å². The van der Waals surface area contributed by atoms with Crippen molar-refractivity contribution in [2.24, 2.45) is 0 Å². The number of aryl methyl sites for hydroxylation is 2. The summed E-state index contributed by atoms with van der Waals surface area (Å²) >= 11 is 0. The summed E-state index contributed by atoms with van der Waals surface area (Å²) in [5.41, 5.74) is 1.75. The molecule has 0 aromatic heterocycles. The van der Waals surface area contributed by atoms with E-state index in [9.17, 15) is 28.1 Å². The van der Waals surface area contributed by atoms with Crippen molar-refractivity contribution in [2.75, 3.05) is 11.6 Å². The zero-order chi connectivity index (χ0) is 25.0. The lowest BCUT2D eigenvalue weighted by molar-refractivity contribution is -0.387. The van der Waals surface area contributed by atoms with Crippen molar-refractivity contribution in [1.82, 2.24) is 0 Å². The van der Waals surface area contributed by atoms with Gasteiger partial charge in [-0.1, -0.05) is 36.4 Å². The highest BCUT2D eigenvalue weighted by molar-refractivity contribution is 7.90. The number of amides is 1. The molecule has 0 bridgehead atoms. The molecule has 0 radical (unpaired) electrons. The molecule has 10 heteroatoms. The number of nitro groups is 1. The quantitative estimate of drug-likeness (QED) is 0.304. The van der Waals surface area contributed by atoms with Crippen molar-refractivity contribution in [2.45, 2.75) is 24.8 Å². The van der Waals surface area contributed by atoms with Gasteiger partial charge in [0.2, 0.25) is 6.10 Å². The number of esters is 1. The third-order valence-corrected chi connectivity index (χ3v) is 5.99. The molecule has 0 aliphatic heterocycles. The Bertz CT molecular complexity index is 1350. The average molecular weight is 483 g/mol. The fourth-order valence-corrected chi connectivity index (χ4v) is 4.26. The third-order valence-electron chi connectivity index (χ3n) is 4.85. The Morgan fingerprint density at radius 2 is 1.59 bits per heavy atom. The van der Waals surface area contributed by atoms with Crippen LogP contribution in [0.25, 0.3) is 0 Å². The van der Waals surface area contributed by atoms with Gasteiger partial charge in [0, 0.05) is 23.6 Å². The molecule has 3 aromatic rings. The molecule has 9 nitrogen and oxygen atoms in total. The minimum Gasteiger partial charge on any atom is -0.444 e. The summed E-state index contributed by atoms with van der Waals surface area (Å²) in [6.07, 6.45) is -0.529. The molecule has 0 heterocycles. The Morgan fingerprint density at radius 3 is 2.15 bits per heavy atom. The molecule has 0 aliphatic rings. The van der Waals surface area contributed by atoms with Gasteiger partial charge >= 0.3 is 5.97 Å². The predicted octanol–water partition coefficient (Wildman–Crippen LogP) is 4.15. The lowest BCUT2D eigenvalue weighted by Crippen LogP contribution is -2.26. The smallest absolute Gasteiger partial charge is 0.339 e. The first-order chi connectivity index (χ1) is 16.0. The van der Waals surface area contributed by atoms with E-state index in [4.69, 9.17) is 4.74 Å². The summed E-state index contributed by atoms with van der Waals surface area (Å²) in [7, 11) is -3.90. The van der Waals surface area contributed by atoms with E-state index in [-0.39, 0.29) is 5.56 Å². The SMILES string of the molecule is Cc1cc(C)cc(NC(=O)[C@H](OC(=O)c2ccc(S(C)(=O)=O)c([N+](=O)[O-])c2)c2ccccc2)c1. The van der Waals surface area contributed by atoms with Crippen molar-refractivity contribution < 1.29 is 27.7 Å². The van der Waals surface area contributed by atoms with Gasteiger partial charge in [-0.15, -0.1) is 0 Å². The van der Waals surface area contributed by atoms with E-state index < -0.39 is 43.3 Å². The first-order valence-electron chi connectivity index (χ1n) is 10.1. The van der Waals surface area contributed by atoms with Crippen LogP contribution in [0.5, 0.6) is 0 Å². The number of benzene rings is 3. The number of nitrogens with zero attached hydrogens (tertiary/aromatic N) is 1. The Kier molecular flexibility index (Phi) is 7.11. The van der Waals surface area contributed by atoms with Crippen LogP contribution in [0, 0.1) is 24.0 Å². The van der Waals surface area contributed by atoms with Gasteiger partial charge in [-0.05, 0) is 49.2 Å². The van der Waals surface area contributed by atoms with Gasteiger partial charge in [0.1, 0.15) is 4.90 Å². The lowest BCUT2D eigenvalue weighted by atomic mass is 10.1. The maximum Gasteiger partial charge on any atom is 0.339 e. The number of nitrogens with one attached hydrogen (secondary N) is 1. The number of hydrogen-bond acceptors (Lipinski definition) is 7.